The third-order valence-electron chi connectivity index (χ3n) is 6.35. The summed E-state index contributed by atoms with van der Waals surface area (Å²) in [6.07, 6.45) is 2.23. The first-order chi connectivity index (χ1) is 15.2. The van der Waals surface area contributed by atoms with Crippen LogP contribution in [0.5, 0.6) is 0 Å². The van der Waals surface area contributed by atoms with Gasteiger partial charge in [-0.05, 0) is 43.4 Å². The number of aromatic amines is 1. The molecule has 9 nitrogen and oxygen atoms in total. The molecule has 0 spiro atoms. The van der Waals surface area contributed by atoms with E-state index in [1.165, 1.54) is 4.57 Å². The molecule has 32 heavy (non-hydrogen) atoms. The Morgan fingerprint density at radius 3 is 2.47 bits per heavy atom. The number of halogens is 2. The molecule has 1 fully saturated rings. The minimum absolute atomic E-state index is 0.0831. The standard InChI is InChI=1S/C21H25Cl2N5O4/c1-26-16-17(29)25-21(32)27(2)18(16)28(10-11-3-8-14(22)15(23)9-11)20(26)24-13-6-4-12(5-7-13)19(30)31/h3,8-9,12-13,20,24H,4-7,10H2,1-2H3,(H,30,31)(H,25,29,32)/t12-,13-,20?. The number of aliphatic carboxylic acids is 1. The first-order valence-corrected chi connectivity index (χ1v) is 11.2. The highest BCUT2D eigenvalue weighted by atomic mass is 35.5. The van der Waals surface area contributed by atoms with Crippen molar-refractivity contribution in [2.45, 2.75) is 44.6 Å². The van der Waals surface area contributed by atoms with Gasteiger partial charge in [0, 0.05) is 26.7 Å². The second-order valence-electron chi connectivity index (χ2n) is 8.40. The summed E-state index contributed by atoms with van der Waals surface area (Å²) in [6.45, 7) is 0.382. The van der Waals surface area contributed by atoms with Crippen LogP contribution in [0.3, 0.4) is 0 Å². The lowest BCUT2D eigenvalue weighted by Crippen LogP contribution is -2.56. The molecule has 4 rings (SSSR count). The lowest BCUT2D eigenvalue weighted by molar-refractivity contribution is -0.142. The van der Waals surface area contributed by atoms with E-state index in [1.54, 1.807) is 26.2 Å². The summed E-state index contributed by atoms with van der Waals surface area (Å²) in [7, 11) is 3.42. The lowest BCUT2D eigenvalue weighted by atomic mass is 9.86. The summed E-state index contributed by atoms with van der Waals surface area (Å²) in [5.41, 5.74) is 0.311. The summed E-state index contributed by atoms with van der Waals surface area (Å²) < 4.78 is 1.42. The largest absolute Gasteiger partial charge is 0.481 e. The van der Waals surface area contributed by atoms with Gasteiger partial charge in [-0.2, -0.15) is 0 Å². The van der Waals surface area contributed by atoms with Crippen LogP contribution in [0.4, 0.5) is 11.5 Å². The predicted molar refractivity (Wildman–Crippen MR) is 124 cm³/mol. The van der Waals surface area contributed by atoms with Crippen LogP contribution < -0.4 is 26.4 Å². The van der Waals surface area contributed by atoms with Crippen LogP contribution in [0.2, 0.25) is 10.0 Å². The molecular weight excluding hydrogens is 457 g/mol. The summed E-state index contributed by atoms with van der Waals surface area (Å²) in [6, 6.07) is 5.42. The molecule has 1 aliphatic heterocycles. The number of carbonyl (C=O) groups is 1. The van der Waals surface area contributed by atoms with Crippen LogP contribution in [-0.4, -0.2) is 40.0 Å². The van der Waals surface area contributed by atoms with Gasteiger partial charge >= 0.3 is 11.7 Å². The minimum atomic E-state index is -0.753. The van der Waals surface area contributed by atoms with Crippen LogP contribution >= 0.6 is 23.2 Å². The SMILES string of the molecule is CN1c2c(n(C)c(=O)[nH]c2=O)N(Cc2ccc(Cl)c(Cl)c2)C1N[C@H]1CC[C@H](C(=O)O)CC1. The third kappa shape index (κ3) is 4.12. The second kappa shape index (κ2) is 8.80. The molecule has 3 N–H and O–H groups in total. The van der Waals surface area contributed by atoms with Crippen molar-refractivity contribution in [1.82, 2.24) is 14.9 Å². The average molecular weight is 482 g/mol. The molecule has 2 aromatic rings. The third-order valence-corrected chi connectivity index (χ3v) is 7.09. The molecule has 0 saturated heterocycles. The maximum absolute atomic E-state index is 12.7. The molecular formula is C21H25Cl2N5O4. The van der Waals surface area contributed by atoms with E-state index in [2.05, 4.69) is 10.3 Å². The Kier molecular flexibility index (Phi) is 6.24. The maximum Gasteiger partial charge on any atom is 0.329 e. The molecule has 1 aliphatic carbocycles. The van der Waals surface area contributed by atoms with Crippen molar-refractivity contribution in [3.8, 4) is 0 Å². The van der Waals surface area contributed by atoms with Gasteiger partial charge in [0.2, 0.25) is 0 Å². The molecule has 1 aromatic heterocycles. The fourth-order valence-electron chi connectivity index (χ4n) is 4.61. The number of hydrogen-bond acceptors (Lipinski definition) is 6. The summed E-state index contributed by atoms with van der Waals surface area (Å²) in [5.74, 6) is -0.566. The van der Waals surface area contributed by atoms with E-state index < -0.39 is 23.5 Å². The molecule has 2 aliphatic rings. The zero-order valence-electron chi connectivity index (χ0n) is 17.8. The van der Waals surface area contributed by atoms with E-state index in [0.717, 1.165) is 5.56 Å². The van der Waals surface area contributed by atoms with E-state index in [4.69, 9.17) is 23.2 Å². The van der Waals surface area contributed by atoms with E-state index in [0.29, 0.717) is 53.8 Å². The number of benzene rings is 1. The summed E-state index contributed by atoms with van der Waals surface area (Å²) in [5, 5.41) is 13.7. The number of nitrogens with one attached hydrogen (secondary N) is 2. The number of nitrogens with zero attached hydrogens (tertiary/aromatic N) is 3. The molecule has 1 aromatic carbocycles. The minimum Gasteiger partial charge on any atom is -0.481 e. The quantitative estimate of drug-likeness (QED) is 0.600. The fourth-order valence-corrected chi connectivity index (χ4v) is 4.93. The number of aromatic nitrogens is 2. The summed E-state index contributed by atoms with van der Waals surface area (Å²) in [4.78, 5) is 42.4. The van der Waals surface area contributed by atoms with Crippen LogP contribution in [0.15, 0.2) is 27.8 Å². The van der Waals surface area contributed by atoms with Crippen molar-refractivity contribution in [1.29, 1.82) is 0 Å². The maximum atomic E-state index is 12.7. The van der Waals surface area contributed by atoms with Gasteiger partial charge in [-0.1, -0.05) is 29.3 Å². The van der Waals surface area contributed by atoms with E-state index in [-0.39, 0.29) is 12.0 Å². The molecule has 0 bridgehead atoms. The predicted octanol–water partition coefficient (Wildman–Crippen LogP) is 2.35. The van der Waals surface area contributed by atoms with Crippen molar-refractivity contribution in [2.75, 3.05) is 16.8 Å². The lowest BCUT2D eigenvalue weighted by Gasteiger charge is -2.36. The molecule has 1 saturated carbocycles. The molecule has 172 valence electrons. The highest BCUT2D eigenvalue weighted by Crippen LogP contribution is 2.36. The monoisotopic (exact) mass is 481 g/mol. The normalized spacial score (nSPS) is 22.8. The molecule has 0 amide bonds. The van der Waals surface area contributed by atoms with Gasteiger partial charge in [0.15, 0.2) is 6.29 Å². The molecule has 1 unspecified atom stereocenters. The van der Waals surface area contributed by atoms with Crippen molar-refractivity contribution in [3.63, 3.8) is 0 Å². The van der Waals surface area contributed by atoms with Crippen molar-refractivity contribution >= 4 is 40.7 Å². The number of rotatable bonds is 5. The smallest absolute Gasteiger partial charge is 0.329 e. The Morgan fingerprint density at radius 1 is 1.16 bits per heavy atom. The van der Waals surface area contributed by atoms with E-state index in [9.17, 15) is 19.5 Å². The number of anilines is 2. The zero-order chi connectivity index (χ0) is 23.2. The number of carboxylic acids is 1. The topological polar surface area (TPSA) is 111 Å². The Bertz CT molecular complexity index is 1160. The Morgan fingerprint density at radius 2 is 1.84 bits per heavy atom. The van der Waals surface area contributed by atoms with Gasteiger partial charge in [0.05, 0.1) is 16.0 Å². The molecule has 1 atom stereocenters. The van der Waals surface area contributed by atoms with Gasteiger partial charge in [-0.25, -0.2) is 4.79 Å². The second-order valence-corrected chi connectivity index (χ2v) is 9.22. The van der Waals surface area contributed by atoms with Crippen molar-refractivity contribution in [2.24, 2.45) is 13.0 Å². The first-order valence-electron chi connectivity index (χ1n) is 10.4. The Hall–Kier alpha value is -2.49. The van der Waals surface area contributed by atoms with Crippen molar-refractivity contribution < 1.29 is 9.90 Å². The van der Waals surface area contributed by atoms with Crippen molar-refractivity contribution in [3.05, 3.63) is 54.6 Å². The molecule has 2 heterocycles. The number of carboxylic acid groups (broad SMARTS) is 1. The number of H-pyrrole nitrogens is 1. The van der Waals surface area contributed by atoms with Crippen LogP contribution in [0.1, 0.15) is 31.2 Å². The Balaban J connectivity index is 1.67. The van der Waals surface area contributed by atoms with Crippen LogP contribution in [0.25, 0.3) is 0 Å². The number of hydrogen-bond donors (Lipinski definition) is 3. The van der Waals surface area contributed by atoms with E-state index in [1.807, 2.05) is 15.9 Å². The van der Waals surface area contributed by atoms with Gasteiger partial charge in [-0.3, -0.25) is 24.5 Å². The average Bonchev–Trinajstić information content (AvgIpc) is 3.01. The molecule has 11 heteroatoms. The van der Waals surface area contributed by atoms with E-state index >= 15 is 0 Å². The summed E-state index contributed by atoms with van der Waals surface area (Å²) >= 11 is 12.3. The van der Waals surface area contributed by atoms with Crippen LogP contribution in [-0.2, 0) is 18.4 Å². The van der Waals surface area contributed by atoms with Gasteiger partial charge in [-0.15, -0.1) is 0 Å². The van der Waals surface area contributed by atoms with Gasteiger partial charge in [0.25, 0.3) is 5.56 Å². The van der Waals surface area contributed by atoms with Gasteiger partial charge < -0.3 is 14.9 Å². The fraction of sp³-hybridized carbons (Fsp3) is 0.476. The highest BCUT2D eigenvalue weighted by Gasteiger charge is 2.40. The molecule has 0 radical (unpaired) electrons. The zero-order valence-corrected chi connectivity index (χ0v) is 19.3. The number of fused-ring (bicyclic) bond motifs is 1. The van der Waals surface area contributed by atoms with Crippen LogP contribution in [0, 0.1) is 5.92 Å². The Labute approximate surface area is 194 Å². The first kappa shape index (κ1) is 22.7. The van der Waals surface area contributed by atoms with Gasteiger partial charge in [0.1, 0.15) is 11.5 Å². The highest BCUT2D eigenvalue weighted by molar-refractivity contribution is 6.42.